The number of carbonyl (C=O) groups excluding carboxylic acids is 1. The molecule has 0 spiro atoms. The van der Waals surface area contributed by atoms with Gasteiger partial charge in [0, 0.05) is 18.0 Å². The first kappa shape index (κ1) is 14.2. The van der Waals surface area contributed by atoms with Crippen LogP contribution in [0.15, 0.2) is 47.7 Å². The van der Waals surface area contributed by atoms with E-state index in [0.29, 0.717) is 28.2 Å². The highest BCUT2D eigenvalue weighted by Gasteiger charge is 2.14. The summed E-state index contributed by atoms with van der Waals surface area (Å²) in [5.41, 5.74) is 0.608. The Kier molecular flexibility index (Phi) is 3.34. The standard InChI is InChI=1S/C16H12N4O4/c21-14(19-10-3-4-12-13(6-10)24-9-23-12)7-20-8-18-15-11(16(20)22)2-1-5-17-15/h1-6,8H,7,9H2,(H,19,21). The number of ether oxygens (including phenoxy) is 2. The van der Waals surface area contributed by atoms with E-state index in [4.69, 9.17) is 9.47 Å². The summed E-state index contributed by atoms with van der Waals surface area (Å²) >= 11 is 0. The van der Waals surface area contributed by atoms with Crippen molar-refractivity contribution >= 4 is 22.6 Å². The van der Waals surface area contributed by atoms with Crippen LogP contribution in [0.4, 0.5) is 5.69 Å². The molecule has 1 aliphatic heterocycles. The van der Waals surface area contributed by atoms with Gasteiger partial charge in [0.2, 0.25) is 12.7 Å². The van der Waals surface area contributed by atoms with Crippen LogP contribution in [-0.2, 0) is 11.3 Å². The third-order valence-electron chi connectivity index (χ3n) is 3.57. The molecule has 3 aromatic rings. The number of carbonyl (C=O) groups is 1. The number of nitrogens with zero attached hydrogens (tertiary/aromatic N) is 3. The first-order valence-corrected chi connectivity index (χ1v) is 7.20. The Hall–Kier alpha value is -3.42. The summed E-state index contributed by atoms with van der Waals surface area (Å²) in [6.07, 6.45) is 2.88. The predicted octanol–water partition coefficient (Wildman–Crippen LogP) is 1.16. The second-order valence-corrected chi connectivity index (χ2v) is 5.17. The van der Waals surface area contributed by atoms with Crippen molar-refractivity contribution in [3.05, 3.63) is 53.2 Å². The van der Waals surface area contributed by atoms with Crippen LogP contribution in [-0.4, -0.2) is 27.2 Å². The lowest BCUT2D eigenvalue weighted by atomic mass is 10.2. The number of fused-ring (bicyclic) bond motifs is 2. The van der Waals surface area contributed by atoms with E-state index in [-0.39, 0.29) is 24.8 Å². The van der Waals surface area contributed by atoms with Crippen molar-refractivity contribution in [1.82, 2.24) is 14.5 Å². The maximum absolute atomic E-state index is 12.3. The summed E-state index contributed by atoms with van der Waals surface area (Å²) in [4.78, 5) is 32.6. The van der Waals surface area contributed by atoms with Gasteiger partial charge in [0.25, 0.3) is 5.56 Å². The van der Waals surface area contributed by atoms with Gasteiger partial charge in [-0.15, -0.1) is 0 Å². The molecule has 0 fully saturated rings. The second-order valence-electron chi connectivity index (χ2n) is 5.17. The van der Waals surface area contributed by atoms with Crippen molar-refractivity contribution in [1.29, 1.82) is 0 Å². The van der Waals surface area contributed by atoms with Crippen molar-refractivity contribution in [2.75, 3.05) is 12.1 Å². The van der Waals surface area contributed by atoms with Crippen LogP contribution in [0.1, 0.15) is 0 Å². The average molecular weight is 324 g/mol. The van der Waals surface area contributed by atoms with Crippen LogP contribution in [0.2, 0.25) is 0 Å². The van der Waals surface area contributed by atoms with Crippen LogP contribution in [0.3, 0.4) is 0 Å². The number of aromatic nitrogens is 3. The lowest BCUT2D eigenvalue weighted by molar-refractivity contribution is -0.116. The molecule has 24 heavy (non-hydrogen) atoms. The number of pyridine rings is 1. The smallest absolute Gasteiger partial charge is 0.263 e. The molecule has 1 aliphatic rings. The summed E-state index contributed by atoms with van der Waals surface area (Å²) < 4.78 is 11.7. The minimum absolute atomic E-state index is 0.148. The molecule has 0 atom stereocenters. The zero-order chi connectivity index (χ0) is 16.5. The molecule has 0 unspecified atom stereocenters. The zero-order valence-electron chi connectivity index (χ0n) is 12.4. The van der Waals surface area contributed by atoms with E-state index in [2.05, 4.69) is 15.3 Å². The van der Waals surface area contributed by atoms with Gasteiger partial charge >= 0.3 is 0 Å². The van der Waals surface area contributed by atoms with E-state index in [9.17, 15) is 9.59 Å². The molecule has 3 heterocycles. The lowest BCUT2D eigenvalue weighted by Gasteiger charge is -2.08. The molecule has 8 nitrogen and oxygen atoms in total. The third kappa shape index (κ3) is 2.54. The summed E-state index contributed by atoms with van der Waals surface area (Å²) in [6, 6.07) is 8.38. The number of hydrogen-bond donors (Lipinski definition) is 1. The van der Waals surface area contributed by atoms with Crippen molar-refractivity contribution in [3.63, 3.8) is 0 Å². The Labute approximate surface area is 135 Å². The van der Waals surface area contributed by atoms with E-state index in [1.54, 1.807) is 36.5 Å². The topological polar surface area (TPSA) is 95.3 Å². The minimum atomic E-state index is -0.346. The molecule has 4 rings (SSSR count). The van der Waals surface area contributed by atoms with Gasteiger partial charge in [-0.1, -0.05) is 0 Å². The highest BCUT2D eigenvalue weighted by atomic mass is 16.7. The minimum Gasteiger partial charge on any atom is -0.454 e. The number of anilines is 1. The van der Waals surface area contributed by atoms with Gasteiger partial charge in [-0.2, -0.15) is 0 Å². The third-order valence-corrected chi connectivity index (χ3v) is 3.57. The van der Waals surface area contributed by atoms with Crippen LogP contribution < -0.4 is 20.3 Å². The fourth-order valence-electron chi connectivity index (χ4n) is 2.44. The Morgan fingerprint density at radius 3 is 3.00 bits per heavy atom. The van der Waals surface area contributed by atoms with E-state index < -0.39 is 0 Å². The molecule has 0 radical (unpaired) electrons. The molecule has 0 saturated heterocycles. The van der Waals surface area contributed by atoms with Crippen LogP contribution >= 0.6 is 0 Å². The van der Waals surface area contributed by atoms with E-state index >= 15 is 0 Å². The number of rotatable bonds is 3. The molecule has 0 saturated carbocycles. The maximum atomic E-state index is 12.3. The number of amides is 1. The Morgan fingerprint density at radius 2 is 2.08 bits per heavy atom. The first-order chi connectivity index (χ1) is 11.7. The fraction of sp³-hybridized carbons (Fsp3) is 0.125. The van der Waals surface area contributed by atoms with E-state index in [1.165, 1.54) is 10.9 Å². The van der Waals surface area contributed by atoms with Gasteiger partial charge in [0.15, 0.2) is 17.1 Å². The summed E-state index contributed by atoms with van der Waals surface area (Å²) in [7, 11) is 0. The molecule has 0 aliphatic carbocycles. The molecule has 2 aromatic heterocycles. The monoisotopic (exact) mass is 324 g/mol. The largest absolute Gasteiger partial charge is 0.454 e. The fourth-order valence-corrected chi connectivity index (χ4v) is 2.44. The van der Waals surface area contributed by atoms with Gasteiger partial charge in [-0.25, -0.2) is 9.97 Å². The second kappa shape index (κ2) is 5.65. The molecule has 8 heteroatoms. The molecular formula is C16H12N4O4. The van der Waals surface area contributed by atoms with Crippen molar-refractivity contribution in [2.45, 2.75) is 6.54 Å². The van der Waals surface area contributed by atoms with Crippen LogP contribution in [0.5, 0.6) is 11.5 Å². The SMILES string of the molecule is O=C(Cn1cnc2ncccc2c1=O)Nc1ccc2c(c1)OCO2. The van der Waals surface area contributed by atoms with Crippen molar-refractivity contribution in [2.24, 2.45) is 0 Å². The van der Waals surface area contributed by atoms with Gasteiger partial charge in [0.1, 0.15) is 12.9 Å². The highest BCUT2D eigenvalue weighted by Crippen LogP contribution is 2.34. The van der Waals surface area contributed by atoms with Crippen molar-refractivity contribution < 1.29 is 14.3 Å². The molecular weight excluding hydrogens is 312 g/mol. The Bertz CT molecular complexity index is 999. The van der Waals surface area contributed by atoms with Crippen LogP contribution in [0, 0.1) is 0 Å². The van der Waals surface area contributed by atoms with Crippen molar-refractivity contribution in [3.8, 4) is 11.5 Å². The maximum Gasteiger partial charge on any atom is 0.263 e. The number of hydrogen-bond acceptors (Lipinski definition) is 6. The van der Waals surface area contributed by atoms with E-state index in [1.807, 2.05) is 0 Å². The number of nitrogens with one attached hydrogen (secondary N) is 1. The van der Waals surface area contributed by atoms with Gasteiger partial charge in [0.05, 0.1) is 5.39 Å². The van der Waals surface area contributed by atoms with Gasteiger partial charge in [-0.05, 0) is 24.3 Å². The van der Waals surface area contributed by atoms with Gasteiger partial charge in [-0.3, -0.25) is 14.2 Å². The Balaban J connectivity index is 1.54. The van der Waals surface area contributed by atoms with Gasteiger partial charge < -0.3 is 14.8 Å². The molecule has 0 bridgehead atoms. The lowest BCUT2D eigenvalue weighted by Crippen LogP contribution is -2.28. The first-order valence-electron chi connectivity index (χ1n) is 7.20. The zero-order valence-corrected chi connectivity index (χ0v) is 12.4. The average Bonchev–Trinajstić information content (AvgIpc) is 3.05. The predicted molar refractivity (Wildman–Crippen MR) is 85.0 cm³/mol. The quantitative estimate of drug-likeness (QED) is 0.777. The molecule has 1 aromatic carbocycles. The highest BCUT2D eigenvalue weighted by molar-refractivity contribution is 5.91. The van der Waals surface area contributed by atoms with Crippen LogP contribution in [0.25, 0.3) is 11.0 Å². The molecule has 1 amide bonds. The van der Waals surface area contributed by atoms with E-state index in [0.717, 1.165) is 0 Å². The summed E-state index contributed by atoms with van der Waals surface area (Å²) in [6.45, 7) is 0.0179. The Morgan fingerprint density at radius 1 is 1.21 bits per heavy atom. The molecule has 120 valence electrons. The normalized spacial score (nSPS) is 12.3. The summed E-state index contributed by atoms with van der Waals surface area (Å²) in [5.74, 6) is 0.861. The number of benzene rings is 1. The molecule has 1 N–H and O–H groups in total. The summed E-state index contributed by atoms with van der Waals surface area (Å²) in [5, 5.41) is 3.09.